The largest absolute Gasteiger partial charge is 0.338 e. The molecule has 1 N–H and O–H groups in total. The number of aryl methyl sites for hydroxylation is 1. The van der Waals surface area contributed by atoms with Crippen LogP contribution in [0.3, 0.4) is 0 Å². The molecule has 2 amide bonds. The van der Waals surface area contributed by atoms with E-state index in [0.717, 1.165) is 12.1 Å². The zero-order chi connectivity index (χ0) is 17.3. The van der Waals surface area contributed by atoms with Gasteiger partial charge in [0.15, 0.2) is 0 Å². The molecule has 1 fully saturated rings. The number of nitrogens with zero attached hydrogens (tertiary/aromatic N) is 2. The van der Waals surface area contributed by atoms with Gasteiger partial charge in [-0.05, 0) is 60.4 Å². The molecule has 1 spiro atoms. The van der Waals surface area contributed by atoms with Crippen molar-refractivity contribution in [2.45, 2.75) is 37.6 Å². The van der Waals surface area contributed by atoms with Crippen LogP contribution in [-0.4, -0.2) is 29.5 Å². The van der Waals surface area contributed by atoms with Crippen LogP contribution in [0.15, 0.2) is 48.8 Å². The van der Waals surface area contributed by atoms with Crippen LogP contribution in [0.2, 0.25) is 0 Å². The lowest BCUT2D eigenvalue weighted by molar-refractivity contribution is 0.206. The first-order valence-electron chi connectivity index (χ1n) is 9.15. The van der Waals surface area contributed by atoms with Crippen LogP contribution in [0.25, 0.3) is 0 Å². The molecule has 2 atom stereocenters. The van der Waals surface area contributed by atoms with Gasteiger partial charge in [0.2, 0.25) is 0 Å². The van der Waals surface area contributed by atoms with E-state index in [0.29, 0.717) is 17.9 Å². The number of amides is 2. The summed E-state index contributed by atoms with van der Waals surface area (Å²) in [6, 6.07) is 12.8. The van der Waals surface area contributed by atoms with Gasteiger partial charge in [0, 0.05) is 37.9 Å². The highest BCUT2D eigenvalue weighted by Crippen LogP contribution is 2.59. The first-order chi connectivity index (χ1) is 12.2. The maximum Gasteiger partial charge on any atom is 0.317 e. The molecule has 4 heteroatoms. The maximum atomic E-state index is 12.4. The van der Waals surface area contributed by atoms with Gasteiger partial charge in [-0.3, -0.25) is 4.98 Å². The van der Waals surface area contributed by atoms with Crippen LogP contribution in [0.5, 0.6) is 0 Å². The van der Waals surface area contributed by atoms with Gasteiger partial charge in [-0.2, -0.15) is 0 Å². The van der Waals surface area contributed by atoms with Gasteiger partial charge in [-0.15, -0.1) is 0 Å². The Morgan fingerprint density at radius 2 is 2.08 bits per heavy atom. The Labute approximate surface area is 149 Å². The predicted molar refractivity (Wildman–Crippen MR) is 98.3 cm³/mol. The molecule has 25 heavy (non-hydrogen) atoms. The van der Waals surface area contributed by atoms with Crippen molar-refractivity contribution < 1.29 is 4.79 Å². The zero-order valence-electron chi connectivity index (χ0n) is 14.7. The fourth-order valence-electron chi connectivity index (χ4n) is 4.42. The number of carbonyl (C=O) groups is 1. The summed E-state index contributed by atoms with van der Waals surface area (Å²) >= 11 is 0. The number of hydrogen-bond acceptors (Lipinski definition) is 2. The average Bonchev–Trinajstić information content (AvgIpc) is 3.34. The number of benzene rings is 1. The second kappa shape index (κ2) is 6.51. The third kappa shape index (κ3) is 3.13. The third-order valence-electron chi connectivity index (χ3n) is 5.87. The summed E-state index contributed by atoms with van der Waals surface area (Å²) in [4.78, 5) is 18.1. The van der Waals surface area contributed by atoms with E-state index in [2.05, 4.69) is 34.6 Å². The van der Waals surface area contributed by atoms with Gasteiger partial charge < -0.3 is 10.2 Å². The van der Waals surface area contributed by atoms with Gasteiger partial charge in [0.1, 0.15) is 0 Å². The number of hydrogen-bond donors (Lipinski definition) is 1. The standard InChI is InChI=1S/C21H25N3O/c1-24(15-16-8-11-22-12-9-16)20(25)23-14-18-13-21(18)10-4-6-17-5-2-3-7-19(17)21/h2-3,5,7-9,11-12,18H,4,6,10,13-15H2,1H3,(H,23,25)/t18-,21-/m1/s1. The maximum absolute atomic E-state index is 12.4. The number of aromatic nitrogens is 1. The zero-order valence-corrected chi connectivity index (χ0v) is 14.7. The van der Waals surface area contributed by atoms with Crippen molar-refractivity contribution in [2.24, 2.45) is 5.92 Å². The second-order valence-corrected chi connectivity index (χ2v) is 7.47. The predicted octanol–water partition coefficient (Wildman–Crippen LogP) is 3.52. The molecule has 1 aromatic carbocycles. The van der Waals surface area contributed by atoms with E-state index in [9.17, 15) is 4.79 Å². The highest BCUT2D eigenvalue weighted by molar-refractivity contribution is 5.74. The number of carbonyl (C=O) groups excluding carboxylic acids is 1. The molecule has 2 aromatic rings. The average molecular weight is 335 g/mol. The summed E-state index contributed by atoms with van der Waals surface area (Å²) in [5.41, 5.74) is 4.46. The molecule has 0 bridgehead atoms. The molecule has 4 rings (SSSR count). The Kier molecular flexibility index (Phi) is 4.20. The lowest BCUT2D eigenvalue weighted by Gasteiger charge is -2.27. The normalized spacial score (nSPS) is 23.8. The smallest absolute Gasteiger partial charge is 0.317 e. The summed E-state index contributed by atoms with van der Waals surface area (Å²) in [6.45, 7) is 1.38. The van der Waals surface area contributed by atoms with Crippen molar-refractivity contribution in [3.8, 4) is 0 Å². The minimum atomic E-state index is 0.00274. The molecule has 0 radical (unpaired) electrons. The summed E-state index contributed by atoms with van der Waals surface area (Å²) in [5, 5.41) is 3.14. The van der Waals surface area contributed by atoms with Crippen LogP contribution in [0.4, 0.5) is 4.79 Å². The van der Waals surface area contributed by atoms with Gasteiger partial charge >= 0.3 is 6.03 Å². The minimum absolute atomic E-state index is 0.00274. The monoisotopic (exact) mass is 335 g/mol. The quantitative estimate of drug-likeness (QED) is 0.929. The van der Waals surface area contributed by atoms with E-state index < -0.39 is 0 Å². The Hall–Kier alpha value is -2.36. The van der Waals surface area contributed by atoms with Crippen molar-refractivity contribution in [2.75, 3.05) is 13.6 Å². The molecule has 130 valence electrons. The number of fused-ring (bicyclic) bond motifs is 2. The van der Waals surface area contributed by atoms with Crippen LogP contribution in [0.1, 0.15) is 36.0 Å². The van der Waals surface area contributed by atoms with E-state index >= 15 is 0 Å². The Morgan fingerprint density at radius 1 is 1.28 bits per heavy atom. The van der Waals surface area contributed by atoms with Gasteiger partial charge in [-0.25, -0.2) is 4.79 Å². The van der Waals surface area contributed by atoms with Crippen molar-refractivity contribution >= 4 is 6.03 Å². The van der Waals surface area contributed by atoms with Crippen LogP contribution < -0.4 is 5.32 Å². The lowest BCUT2D eigenvalue weighted by atomic mass is 9.78. The fraction of sp³-hybridized carbons (Fsp3) is 0.429. The van der Waals surface area contributed by atoms with Gasteiger partial charge in [0.05, 0.1) is 0 Å². The number of pyridine rings is 1. The molecule has 4 nitrogen and oxygen atoms in total. The molecule has 1 aromatic heterocycles. The minimum Gasteiger partial charge on any atom is -0.338 e. The number of urea groups is 1. The molecule has 0 saturated heterocycles. The van der Waals surface area contributed by atoms with Crippen molar-refractivity contribution in [3.05, 3.63) is 65.5 Å². The highest BCUT2D eigenvalue weighted by Gasteiger charge is 2.56. The first kappa shape index (κ1) is 16.1. The van der Waals surface area contributed by atoms with Gasteiger partial charge in [-0.1, -0.05) is 24.3 Å². The second-order valence-electron chi connectivity index (χ2n) is 7.47. The Bertz CT molecular complexity index is 761. The molecule has 1 saturated carbocycles. The molecular weight excluding hydrogens is 310 g/mol. The Balaban J connectivity index is 1.34. The molecule has 2 aliphatic carbocycles. The topological polar surface area (TPSA) is 45.2 Å². The number of rotatable bonds is 4. The molecule has 0 unspecified atom stereocenters. The summed E-state index contributed by atoms with van der Waals surface area (Å²) in [5.74, 6) is 0.576. The summed E-state index contributed by atoms with van der Waals surface area (Å²) in [7, 11) is 1.84. The van der Waals surface area contributed by atoms with Crippen molar-refractivity contribution in [1.29, 1.82) is 0 Å². The van der Waals surface area contributed by atoms with E-state index in [4.69, 9.17) is 0 Å². The van der Waals surface area contributed by atoms with Crippen LogP contribution in [-0.2, 0) is 18.4 Å². The SMILES string of the molecule is CN(Cc1ccncc1)C(=O)NC[C@H]1C[C@]12CCCc1ccccc12. The highest BCUT2D eigenvalue weighted by atomic mass is 16.2. The third-order valence-corrected chi connectivity index (χ3v) is 5.87. The molecule has 0 aliphatic heterocycles. The summed E-state index contributed by atoms with van der Waals surface area (Å²) < 4.78 is 0. The van der Waals surface area contributed by atoms with Gasteiger partial charge in [0.25, 0.3) is 0 Å². The van der Waals surface area contributed by atoms with Crippen LogP contribution >= 0.6 is 0 Å². The Morgan fingerprint density at radius 3 is 2.92 bits per heavy atom. The van der Waals surface area contributed by atoms with E-state index in [1.54, 1.807) is 17.3 Å². The van der Waals surface area contributed by atoms with Crippen molar-refractivity contribution in [1.82, 2.24) is 15.2 Å². The van der Waals surface area contributed by atoms with E-state index in [-0.39, 0.29) is 6.03 Å². The van der Waals surface area contributed by atoms with Crippen molar-refractivity contribution in [3.63, 3.8) is 0 Å². The fourth-order valence-corrected chi connectivity index (χ4v) is 4.42. The van der Waals surface area contributed by atoms with Crippen LogP contribution in [0, 0.1) is 5.92 Å². The first-order valence-corrected chi connectivity index (χ1v) is 9.15. The number of nitrogens with one attached hydrogen (secondary N) is 1. The summed E-state index contributed by atoms with van der Waals surface area (Å²) in [6.07, 6.45) is 8.45. The molecular formula is C21H25N3O. The van der Waals surface area contributed by atoms with E-state index in [1.807, 2.05) is 19.2 Å². The lowest BCUT2D eigenvalue weighted by Crippen LogP contribution is -2.38. The molecule has 1 heterocycles. The molecule has 2 aliphatic rings. The van der Waals surface area contributed by atoms with E-state index in [1.165, 1.54) is 36.8 Å².